The van der Waals surface area contributed by atoms with Crippen LogP contribution in [0, 0.1) is 0 Å². The van der Waals surface area contributed by atoms with Crippen molar-refractivity contribution < 1.29 is 9.84 Å². The van der Waals surface area contributed by atoms with Gasteiger partial charge in [-0.25, -0.2) is 4.98 Å². The van der Waals surface area contributed by atoms with Gasteiger partial charge in [0.05, 0.1) is 19.2 Å². The molecule has 2 aromatic rings. The van der Waals surface area contributed by atoms with Gasteiger partial charge >= 0.3 is 0 Å². The summed E-state index contributed by atoms with van der Waals surface area (Å²) in [4.78, 5) is 4.31. The maximum Gasteiger partial charge on any atom is 0.133 e. The smallest absolute Gasteiger partial charge is 0.133 e. The minimum atomic E-state index is -0.0326. The van der Waals surface area contributed by atoms with E-state index in [0.29, 0.717) is 5.75 Å². The zero-order chi connectivity index (χ0) is 10.8. The van der Waals surface area contributed by atoms with Crippen LogP contribution in [0.15, 0.2) is 28.9 Å². The van der Waals surface area contributed by atoms with Crippen LogP contribution in [0.5, 0.6) is 5.75 Å². The summed E-state index contributed by atoms with van der Waals surface area (Å²) in [6, 6.07) is 7.46. The third-order valence-corrected chi connectivity index (χ3v) is 2.69. The first kappa shape index (κ1) is 10.4. The van der Waals surface area contributed by atoms with E-state index in [-0.39, 0.29) is 6.61 Å². The van der Waals surface area contributed by atoms with Crippen molar-refractivity contribution in [1.82, 2.24) is 4.98 Å². The maximum atomic E-state index is 9.15. The first-order valence-corrected chi connectivity index (χ1v) is 5.28. The topological polar surface area (TPSA) is 42.4 Å². The van der Waals surface area contributed by atoms with E-state index in [1.54, 1.807) is 7.11 Å². The second-order valence-corrected chi connectivity index (χ2v) is 3.93. The summed E-state index contributed by atoms with van der Waals surface area (Å²) >= 11 is 3.31. The van der Waals surface area contributed by atoms with Crippen LogP contribution in [-0.2, 0) is 6.61 Å². The predicted octanol–water partition coefficient (Wildman–Crippen LogP) is 2.50. The Morgan fingerprint density at radius 2 is 2.13 bits per heavy atom. The van der Waals surface area contributed by atoms with Crippen molar-refractivity contribution in [3.8, 4) is 5.75 Å². The fourth-order valence-electron chi connectivity index (χ4n) is 1.56. The summed E-state index contributed by atoms with van der Waals surface area (Å²) in [7, 11) is 1.59. The number of hydrogen-bond acceptors (Lipinski definition) is 3. The molecule has 0 fully saturated rings. The number of methoxy groups -OCH3 is 1. The van der Waals surface area contributed by atoms with Crippen molar-refractivity contribution in [3.05, 3.63) is 34.4 Å². The third-order valence-electron chi connectivity index (χ3n) is 2.24. The Balaban J connectivity index is 2.76. The lowest BCUT2D eigenvalue weighted by Crippen LogP contribution is -1.94. The van der Waals surface area contributed by atoms with Crippen molar-refractivity contribution in [2.24, 2.45) is 0 Å². The number of rotatable bonds is 2. The predicted molar refractivity (Wildman–Crippen MR) is 61.9 cm³/mol. The van der Waals surface area contributed by atoms with Crippen LogP contribution in [0.3, 0.4) is 0 Å². The Hall–Kier alpha value is -1.13. The minimum absolute atomic E-state index is 0.0326. The lowest BCUT2D eigenvalue weighted by molar-refractivity contribution is 0.274. The summed E-state index contributed by atoms with van der Waals surface area (Å²) in [5.74, 6) is 0.690. The molecule has 78 valence electrons. The normalized spacial score (nSPS) is 10.6. The highest BCUT2D eigenvalue weighted by Gasteiger charge is 2.08. The molecule has 0 saturated heterocycles. The molecule has 1 N–H and O–H groups in total. The van der Waals surface area contributed by atoms with Crippen LogP contribution in [0.1, 0.15) is 5.56 Å². The molecule has 3 nitrogen and oxygen atoms in total. The van der Waals surface area contributed by atoms with Crippen molar-refractivity contribution >= 4 is 26.8 Å². The van der Waals surface area contributed by atoms with E-state index >= 15 is 0 Å². The number of halogens is 1. The third kappa shape index (κ3) is 1.82. The molecule has 1 aromatic heterocycles. The van der Waals surface area contributed by atoms with Crippen molar-refractivity contribution in [3.63, 3.8) is 0 Å². The molecule has 1 heterocycles. The molecule has 0 bridgehead atoms. The van der Waals surface area contributed by atoms with E-state index in [9.17, 15) is 0 Å². The van der Waals surface area contributed by atoms with Gasteiger partial charge in [0.25, 0.3) is 0 Å². The van der Waals surface area contributed by atoms with E-state index < -0.39 is 0 Å². The second kappa shape index (κ2) is 4.16. The molecule has 4 heteroatoms. The standard InChI is InChI=1S/C11H10BrNO2/c1-15-11-7(6-14)2-4-9-8(11)3-5-10(12)13-9/h2-5,14H,6H2,1H3. The van der Waals surface area contributed by atoms with Crippen LogP contribution in [0.2, 0.25) is 0 Å². The molecule has 0 unspecified atom stereocenters. The molecule has 2 rings (SSSR count). The average Bonchev–Trinajstić information content (AvgIpc) is 2.27. The highest BCUT2D eigenvalue weighted by Crippen LogP contribution is 2.29. The number of hydrogen-bond donors (Lipinski definition) is 1. The molecule has 15 heavy (non-hydrogen) atoms. The van der Waals surface area contributed by atoms with Gasteiger partial charge in [-0.3, -0.25) is 0 Å². The Labute approximate surface area is 95.8 Å². The van der Waals surface area contributed by atoms with E-state index in [1.165, 1.54) is 0 Å². The highest BCUT2D eigenvalue weighted by atomic mass is 79.9. The van der Waals surface area contributed by atoms with Gasteiger partial charge in [-0.15, -0.1) is 0 Å². The first-order chi connectivity index (χ1) is 7.26. The number of pyridine rings is 1. The van der Waals surface area contributed by atoms with Crippen LogP contribution in [0.25, 0.3) is 10.9 Å². The van der Waals surface area contributed by atoms with Gasteiger partial charge < -0.3 is 9.84 Å². The summed E-state index contributed by atoms with van der Waals surface area (Å²) in [6.45, 7) is -0.0326. The maximum absolute atomic E-state index is 9.15. The number of aliphatic hydroxyl groups excluding tert-OH is 1. The lowest BCUT2D eigenvalue weighted by atomic mass is 10.1. The van der Waals surface area contributed by atoms with Gasteiger partial charge in [-0.2, -0.15) is 0 Å². The van der Waals surface area contributed by atoms with Gasteiger partial charge in [-0.1, -0.05) is 6.07 Å². The Morgan fingerprint density at radius 1 is 1.33 bits per heavy atom. The number of fused-ring (bicyclic) bond motifs is 1. The Bertz CT molecular complexity index is 499. The van der Waals surface area contributed by atoms with Crippen LogP contribution >= 0.6 is 15.9 Å². The Morgan fingerprint density at radius 3 is 2.80 bits per heavy atom. The minimum Gasteiger partial charge on any atom is -0.496 e. The average molecular weight is 268 g/mol. The summed E-state index contributed by atoms with van der Waals surface area (Å²) in [5, 5.41) is 10.1. The number of nitrogens with zero attached hydrogens (tertiary/aromatic N) is 1. The van der Waals surface area contributed by atoms with E-state index in [2.05, 4.69) is 20.9 Å². The largest absolute Gasteiger partial charge is 0.496 e. The van der Waals surface area contributed by atoms with E-state index in [4.69, 9.17) is 9.84 Å². The number of aromatic nitrogens is 1. The number of aliphatic hydroxyl groups is 1. The van der Waals surface area contributed by atoms with E-state index in [0.717, 1.165) is 21.1 Å². The summed E-state index contributed by atoms with van der Waals surface area (Å²) < 4.78 is 6.06. The number of ether oxygens (including phenoxy) is 1. The SMILES string of the molecule is COc1c(CO)ccc2nc(Br)ccc12. The molecule has 0 aliphatic rings. The molecule has 0 spiro atoms. The van der Waals surface area contributed by atoms with Gasteiger partial charge in [0.2, 0.25) is 0 Å². The van der Waals surface area contributed by atoms with Crippen LogP contribution in [-0.4, -0.2) is 17.2 Å². The molecule has 1 aromatic carbocycles. The van der Waals surface area contributed by atoms with Crippen molar-refractivity contribution in [2.45, 2.75) is 6.61 Å². The molecule has 0 atom stereocenters. The molecule has 0 amide bonds. The van der Waals surface area contributed by atoms with Crippen molar-refractivity contribution in [1.29, 1.82) is 0 Å². The van der Waals surface area contributed by atoms with Gasteiger partial charge in [0.15, 0.2) is 0 Å². The summed E-state index contributed by atoms with van der Waals surface area (Å²) in [5.41, 5.74) is 1.62. The summed E-state index contributed by atoms with van der Waals surface area (Å²) in [6.07, 6.45) is 0. The van der Waals surface area contributed by atoms with Crippen LogP contribution < -0.4 is 4.74 Å². The monoisotopic (exact) mass is 267 g/mol. The molecule has 0 saturated carbocycles. The molecule has 0 aliphatic carbocycles. The first-order valence-electron chi connectivity index (χ1n) is 4.49. The molecule has 0 aliphatic heterocycles. The molecule has 0 radical (unpaired) electrons. The van der Waals surface area contributed by atoms with Gasteiger partial charge in [-0.05, 0) is 34.1 Å². The fraction of sp³-hybridized carbons (Fsp3) is 0.182. The quantitative estimate of drug-likeness (QED) is 0.851. The van der Waals surface area contributed by atoms with Gasteiger partial charge in [0.1, 0.15) is 10.4 Å². The number of benzene rings is 1. The zero-order valence-corrected chi connectivity index (χ0v) is 9.78. The Kier molecular flexibility index (Phi) is 2.88. The van der Waals surface area contributed by atoms with Gasteiger partial charge in [0, 0.05) is 10.9 Å². The molecular weight excluding hydrogens is 258 g/mol. The van der Waals surface area contributed by atoms with Crippen molar-refractivity contribution in [2.75, 3.05) is 7.11 Å². The molecular formula is C11H10BrNO2. The van der Waals surface area contributed by atoms with E-state index in [1.807, 2.05) is 24.3 Å². The fourth-order valence-corrected chi connectivity index (χ4v) is 1.89. The zero-order valence-electron chi connectivity index (χ0n) is 8.20. The second-order valence-electron chi connectivity index (χ2n) is 3.12. The highest BCUT2D eigenvalue weighted by molar-refractivity contribution is 9.10. The lowest BCUT2D eigenvalue weighted by Gasteiger charge is -2.09. The van der Waals surface area contributed by atoms with Crippen LogP contribution in [0.4, 0.5) is 0 Å².